The van der Waals surface area contributed by atoms with Gasteiger partial charge in [0, 0.05) is 20.1 Å². The lowest BCUT2D eigenvalue weighted by Gasteiger charge is -2.30. The Labute approximate surface area is 125 Å². The standard InChI is InChI=1S/C15H20N2O2S/c1-16(11-9-12-6-3-2-4-7-12)15(20)17-10-5-8-13(17)14(18)19/h2-4,6-7,13H,5,8-11H2,1H3,(H,18,19). The minimum atomic E-state index is -0.777. The maximum Gasteiger partial charge on any atom is 0.326 e. The van der Waals surface area contributed by atoms with Crippen LogP contribution >= 0.6 is 12.2 Å². The molecule has 0 spiro atoms. The molecule has 2 rings (SSSR count). The third-order valence-electron chi connectivity index (χ3n) is 3.69. The molecular weight excluding hydrogens is 272 g/mol. The molecule has 1 saturated heterocycles. The van der Waals surface area contributed by atoms with Crippen molar-refractivity contribution in [1.29, 1.82) is 0 Å². The van der Waals surface area contributed by atoms with Gasteiger partial charge in [-0.2, -0.15) is 0 Å². The second kappa shape index (κ2) is 6.70. The summed E-state index contributed by atoms with van der Waals surface area (Å²) in [5.41, 5.74) is 1.26. The Hall–Kier alpha value is -1.62. The SMILES string of the molecule is CN(CCc1ccccc1)C(=S)N1CCCC1C(=O)O. The molecule has 20 heavy (non-hydrogen) atoms. The molecule has 1 aromatic rings. The van der Waals surface area contributed by atoms with E-state index >= 15 is 0 Å². The van der Waals surface area contributed by atoms with E-state index in [0.717, 1.165) is 25.9 Å². The highest BCUT2D eigenvalue weighted by Crippen LogP contribution is 2.19. The van der Waals surface area contributed by atoms with E-state index in [4.69, 9.17) is 12.2 Å². The van der Waals surface area contributed by atoms with Gasteiger partial charge in [0.05, 0.1) is 0 Å². The van der Waals surface area contributed by atoms with Gasteiger partial charge in [-0.25, -0.2) is 4.79 Å². The fraction of sp³-hybridized carbons (Fsp3) is 0.467. The van der Waals surface area contributed by atoms with Crippen LogP contribution in [0.25, 0.3) is 0 Å². The number of nitrogens with zero attached hydrogens (tertiary/aromatic N) is 2. The highest BCUT2D eigenvalue weighted by Gasteiger charge is 2.33. The van der Waals surface area contributed by atoms with Crippen molar-refractivity contribution in [2.45, 2.75) is 25.3 Å². The summed E-state index contributed by atoms with van der Waals surface area (Å²) in [5, 5.41) is 9.85. The first-order valence-electron chi connectivity index (χ1n) is 6.88. The molecule has 1 heterocycles. The van der Waals surface area contributed by atoms with Gasteiger partial charge >= 0.3 is 5.97 Å². The zero-order chi connectivity index (χ0) is 14.5. The maximum absolute atomic E-state index is 11.2. The van der Waals surface area contributed by atoms with Gasteiger partial charge in [-0.05, 0) is 37.0 Å². The van der Waals surface area contributed by atoms with Gasteiger partial charge in [0.2, 0.25) is 0 Å². The lowest BCUT2D eigenvalue weighted by Crippen LogP contribution is -2.47. The first-order chi connectivity index (χ1) is 9.59. The Morgan fingerprint density at radius 2 is 2.15 bits per heavy atom. The molecule has 5 heteroatoms. The Kier molecular flexibility index (Phi) is 4.95. The van der Waals surface area contributed by atoms with Gasteiger partial charge in [0.1, 0.15) is 6.04 Å². The van der Waals surface area contributed by atoms with E-state index < -0.39 is 12.0 Å². The van der Waals surface area contributed by atoms with Crippen LogP contribution in [-0.2, 0) is 11.2 Å². The summed E-state index contributed by atoms with van der Waals surface area (Å²) in [6, 6.07) is 9.77. The van der Waals surface area contributed by atoms with Gasteiger partial charge in [0.25, 0.3) is 0 Å². The summed E-state index contributed by atoms with van der Waals surface area (Å²) >= 11 is 5.44. The molecule has 0 aliphatic carbocycles. The summed E-state index contributed by atoms with van der Waals surface area (Å²) in [6.07, 6.45) is 2.48. The number of hydrogen-bond acceptors (Lipinski definition) is 2. The number of carbonyl (C=O) groups is 1. The molecule has 0 bridgehead atoms. The monoisotopic (exact) mass is 292 g/mol. The summed E-state index contributed by atoms with van der Waals surface area (Å²) in [5.74, 6) is -0.777. The molecule has 0 radical (unpaired) electrons. The Balaban J connectivity index is 1.90. The molecule has 1 fully saturated rings. The number of benzene rings is 1. The average molecular weight is 292 g/mol. The number of likely N-dealkylation sites (tertiary alicyclic amines) is 1. The van der Waals surface area contributed by atoms with Crippen molar-refractivity contribution < 1.29 is 9.90 Å². The molecule has 0 amide bonds. The van der Waals surface area contributed by atoms with Gasteiger partial charge in [-0.3, -0.25) is 0 Å². The van der Waals surface area contributed by atoms with Crippen LogP contribution in [0.5, 0.6) is 0 Å². The van der Waals surface area contributed by atoms with Crippen LogP contribution in [0.4, 0.5) is 0 Å². The van der Waals surface area contributed by atoms with Crippen molar-refractivity contribution in [3.8, 4) is 0 Å². The number of thiocarbonyl (C=S) groups is 1. The molecule has 1 unspecified atom stereocenters. The van der Waals surface area contributed by atoms with E-state index in [2.05, 4.69) is 12.1 Å². The molecule has 0 saturated carbocycles. The van der Waals surface area contributed by atoms with Gasteiger partial charge < -0.3 is 14.9 Å². The van der Waals surface area contributed by atoms with E-state index in [-0.39, 0.29) is 0 Å². The summed E-state index contributed by atoms with van der Waals surface area (Å²) in [4.78, 5) is 15.0. The number of hydrogen-bond donors (Lipinski definition) is 1. The number of rotatable bonds is 4. The molecule has 1 N–H and O–H groups in total. The van der Waals surface area contributed by atoms with Crippen LogP contribution in [-0.4, -0.2) is 52.2 Å². The second-order valence-electron chi connectivity index (χ2n) is 5.13. The molecule has 108 valence electrons. The van der Waals surface area contributed by atoms with Crippen molar-refractivity contribution in [2.24, 2.45) is 0 Å². The zero-order valence-electron chi connectivity index (χ0n) is 11.7. The Morgan fingerprint density at radius 1 is 1.45 bits per heavy atom. The van der Waals surface area contributed by atoms with Crippen molar-refractivity contribution in [1.82, 2.24) is 9.80 Å². The van der Waals surface area contributed by atoms with Crippen molar-refractivity contribution >= 4 is 23.3 Å². The summed E-state index contributed by atoms with van der Waals surface area (Å²) in [6.45, 7) is 1.54. The van der Waals surface area contributed by atoms with E-state index in [1.807, 2.05) is 35.0 Å². The van der Waals surface area contributed by atoms with Crippen LogP contribution in [0, 0.1) is 0 Å². The van der Waals surface area contributed by atoms with Gasteiger partial charge in [-0.15, -0.1) is 0 Å². The number of likely N-dealkylation sites (N-methyl/N-ethyl adjacent to an activating group) is 1. The molecule has 1 aliphatic heterocycles. The van der Waals surface area contributed by atoms with E-state index in [1.165, 1.54) is 5.56 Å². The number of carboxylic acids is 1. The van der Waals surface area contributed by atoms with Gasteiger partial charge in [-0.1, -0.05) is 30.3 Å². The third kappa shape index (κ3) is 3.48. The maximum atomic E-state index is 11.2. The fourth-order valence-corrected chi connectivity index (χ4v) is 2.82. The number of aliphatic carboxylic acids is 1. The highest BCUT2D eigenvalue weighted by atomic mass is 32.1. The largest absolute Gasteiger partial charge is 0.480 e. The molecule has 0 aromatic heterocycles. The topological polar surface area (TPSA) is 43.8 Å². The lowest BCUT2D eigenvalue weighted by atomic mass is 10.1. The van der Waals surface area contributed by atoms with Crippen LogP contribution in [0.3, 0.4) is 0 Å². The summed E-state index contributed by atoms with van der Waals surface area (Å²) < 4.78 is 0. The van der Waals surface area contributed by atoms with E-state index in [0.29, 0.717) is 11.5 Å². The molecule has 1 aromatic carbocycles. The molecule has 1 aliphatic rings. The average Bonchev–Trinajstić information content (AvgIpc) is 2.94. The molecule has 4 nitrogen and oxygen atoms in total. The molecule has 1 atom stereocenters. The quantitative estimate of drug-likeness (QED) is 0.860. The van der Waals surface area contributed by atoms with Gasteiger partial charge in [0.15, 0.2) is 5.11 Å². The number of carboxylic acid groups (broad SMARTS) is 1. The van der Waals surface area contributed by atoms with Crippen LogP contribution in [0.2, 0.25) is 0 Å². The predicted octanol–water partition coefficient (Wildman–Crippen LogP) is 1.99. The van der Waals surface area contributed by atoms with Crippen molar-refractivity contribution in [3.63, 3.8) is 0 Å². The van der Waals surface area contributed by atoms with E-state index in [1.54, 1.807) is 0 Å². The highest BCUT2D eigenvalue weighted by molar-refractivity contribution is 7.80. The van der Waals surface area contributed by atoms with Crippen molar-refractivity contribution in [3.05, 3.63) is 35.9 Å². The Morgan fingerprint density at radius 3 is 2.80 bits per heavy atom. The fourth-order valence-electron chi connectivity index (χ4n) is 2.51. The minimum absolute atomic E-state index is 0.457. The lowest BCUT2D eigenvalue weighted by molar-refractivity contribution is -0.141. The van der Waals surface area contributed by atoms with E-state index in [9.17, 15) is 9.90 Å². The zero-order valence-corrected chi connectivity index (χ0v) is 12.5. The smallest absolute Gasteiger partial charge is 0.326 e. The normalized spacial score (nSPS) is 18.1. The van der Waals surface area contributed by atoms with Crippen LogP contribution in [0.15, 0.2) is 30.3 Å². The summed E-state index contributed by atoms with van der Waals surface area (Å²) in [7, 11) is 1.93. The van der Waals surface area contributed by atoms with Crippen LogP contribution in [0.1, 0.15) is 18.4 Å². The first kappa shape index (κ1) is 14.8. The third-order valence-corrected chi connectivity index (χ3v) is 4.24. The Bertz CT molecular complexity index is 478. The minimum Gasteiger partial charge on any atom is -0.480 e. The second-order valence-corrected chi connectivity index (χ2v) is 5.49. The first-order valence-corrected chi connectivity index (χ1v) is 7.29. The van der Waals surface area contributed by atoms with Crippen LogP contribution < -0.4 is 0 Å². The van der Waals surface area contributed by atoms with Crippen molar-refractivity contribution in [2.75, 3.05) is 20.1 Å². The molecular formula is C15H20N2O2S. The predicted molar refractivity (Wildman–Crippen MR) is 82.7 cm³/mol.